The summed E-state index contributed by atoms with van der Waals surface area (Å²) in [4.78, 5) is 0. The Morgan fingerprint density at radius 3 is 2.33 bits per heavy atom. The molecule has 0 amide bonds. The molecule has 0 radical (unpaired) electrons. The van der Waals surface area contributed by atoms with Gasteiger partial charge in [-0.05, 0) is 30.4 Å². The second-order valence-electron chi connectivity index (χ2n) is 3.15. The van der Waals surface area contributed by atoms with Crippen molar-refractivity contribution in [2.45, 2.75) is 32.6 Å². The molecule has 12 heavy (non-hydrogen) atoms. The minimum atomic E-state index is 0. The third kappa shape index (κ3) is 1.64. The first-order valence-corrected chi connectivity index (χ1v) is 4.50. The maximum Gasteiger partial charge on any atom is 0.0440 e. The quantitative estimate of drug-likeness (QED) is 0.610. The topological polar surface area (TPSA) is 0 Å². The molecule has 0 unspecified atom stereocenters. The maximum absolute atomic E-state index is 6.03. The molecule has 0 spiro atoms. The number of hydrogen-bond donors (Lipinski definition) is 0. The number of benzene rings is 1. The van der Waals surface area contributed by atoms with E-state index in [-0.39, 0.29) is 7.43 Å². The van der Waals surface area contributed by atoms with Gasteiger partial charge in [0, 0.05) is 5.02 Å². The molecule has 1 aliphatic rings. The van der Waals surface area contributed by atoms with Crippen molar-refractivity contribution < 1.29 is 0 Å². The molecular weight excluding hydrogens is 168 g/mol. The van der Waals surface area contributed by atoms with Gasteiger partial charge in [0.25, 0.3) is 0 Å². The highest BCUT2D eigenvalue weighted by Gasteiger charge is 2.20. The van der Waals surface area contributed by atoms with E-state index in [1.54, 1.807) is 0 Å². The molecule has 1 heteroatoms. The second-order valence-corrected chi connectivity index (χ2v) is 3.56. The second kappa shape index (κ2) is 3.95. The molecule has 0 aliphatic heterocycles. The molecule has 0 atom stereocenters. The number of halogens is 1. The van der Waals surface area contributed by atoms with E-state index in [1.165, 1.54) is 24.8 Å². The first-order chi connectivity index (χ1) is 5.38. The molecule has 66 valence electrons. The highest BCUT2D eigenvalue weighted by atomic mass is 35.5. The Kier molecular flexibility index (Phi) is 3.16. The van der Waals surface area contributed by atoms with Crippen molar-refractivity contribution in [3.8, 4) is 0 Å². The molecule has 1 aromatic carbocycles. The summed E-state index contributed by atoms with van der Waals surface area (Å²) in [5.41, 5.74) is 1.35. The SMILES string of the molecule is C.Clc1ccccc1C1CCC1. The van der Waals surface area contributed by atoms with Gasteiger partial charge in [-0.2, -0.15) is 0 Å². The Bertz CT molecular complexity index is 251. The van der Waals surface area contributed by atoms with E-state index in [4.69, 9.17) is 11.6 Å². The van der Waals surface area contributed by atoms with Crippen molar-refractivity contribution in [3.05, 3.63) is 34.9 Å². The third-order valence-corrected chi connectivity index (χ3v) is 2.79. The Labute approximate surface area is 79.6 Å². The Balaban J connectivity index is 0.000000720. The van der Waals surface area contributed by atoms with Crippen LogP contribution in [0.25, 0.3) is 0 Å². The van der Waals surface area contributed by atoms with Crippen LogP contribution in [0.15, 0.2) is 24.3 Å². The van der Waals surface area contributed by atoms with Crippen LogP contribution in [-0.4, -0.2) is 0 Å². The summed E-state index contributed by atoms with van der Waals surface area (Å²) in [6.45, 7) is 0. The van der Waals surface area contributed by atoms with Gasteiger partial charge < -0.3 is 0 Å². The summed E-state index contributed by atoms with van der Waals surface area (Å²) in [5.74, 6) is 0.753. The van der Waals surface area contributed by atoms with Gasteiger partial charge >= 0.3 is 0 Å². The van der Waals surface area contributed by atoms with E-state index in [0.29, 0.717) is 0 Å². The molecule has 1 fully saturated rings. The molecule has 0 N–H and O–H groups in total. The molecule has 0 saturated heterocycles. The van der Waals surface area contributed by atoms with Gasteiger partial charge in [0.2, 0.25) is 0 Å². The van der Waals surface area contributed by atoms with Gasteiger partial charge in [0.15, 0.2) is 0 Å². The van der Waals surface area contributed by atoms with Crippen molar-refractivity contribution >= 4 is 11.6 Å². The van der Waals surface area contributed by atoms with Crippen molar-refractivity contribution in [1.29, 1.82) is 0 Å². The molecule has 1 saturated carbocycles. The van der Waals surface area contributed by atoms with Crippen molar-refractivity contribution in [2.24, 2.45) is 0 Å². The van der Waals surface area contributed by atoms with E-state index in [1.807, 2.05) is 12.1 Å². The van der Waals surface area contributed by atoms with Gasteiger partial charge in [-0.1, -0.05) is 43.6 Å². The van der Waals surface area contributed by atoms with E-state index in [0.717, 1.165) is 10.9 Å². The van der Waals surface area contributed by atoms with E-state index in [9.17, 15) is 0 Å². The first-order valence-electron chi connectivity index (χ1n) is 4.12. The standard InChI is InChI=1S/C10H11Cl.CH4/c11-10-7-2-1-6-9(10)8-4-3-5-8;/h1-2,6-8H,3-5H2;1H4. The molecule has 0 heterocycles. The lowest BCUT2D eigenvalue weighted by Gasteiger charge is -2.26. The lowest BCUT2D eigenvalue weighted by atomic mass is 9.80. The van der Waals surface area contributed by atoms with Gasteiger partial charge in [0.05, 0.1) is 0 Å². The van der Waals surface area contributed by atoms with Crippen molar-refractivity contribution in [1.82, 2.24) is 0 Å². The fourth-order valence-electron chi connectivity index (χ4n) is 1.53. The summed E-state index contributed by atoms with van der Waals surface area (Å²) < 4.78 is 0. The molecular formula is C11H15Cl. The smallest absolute Gasteiger partial charge is 0.0440 e. The Morgan fingerprint density at radius 2 is 1.83 bits per heavy atom. The minimum absolute atomic E-state index is 0. The van der Waals surface area contributed by atoms with Crippen molar-refractivity contribution in [3.63, 3.8) is 0 Å². The van der Waals surface area contributed by atoms with Crippen LogP contribution in [0.3, 0.4) is 0 Å². The third-order valence-electron chi connectivity index (χ3n) is 2.45. The highest BCUT2D eigenvalue weighted by Crippen LogP contribution is 2.39. The Morgan fingerprint density at radius 1 is 1.17 bits per heavy atom. The van der Waals surface area contributed by atoms with Crippen LogP contribution in [0.1, 0.15) is 38.2 Å². The van der Waals surface area contributed by atoms with Crippen molar-refractivity contribution in [2.75, 3.05) is 0 Å². The molecule has 1 aliphatic carbocycles. The maximum atomic E-state index is 6.03. The normalized spacial score (nSPS) is 16.4. The average Bonchev–Trinajstić information content (AvgIpc) is 1.90. The highest BCUT2D eigenvalue weighted by molar-refractivity contribution is 6.31. The zero-order chi connectivity index (χ0) is 7.68. The summed E-state index contributed by atoms with van der Waals surface area (Å²) in [6.07, 6.45) is 4.02. The average molecular weight is 183 g/mol. The molecule has 0 aromatic heterocycles. The number of hydrogen-bond acceptors (Lipinski definition) is 0. The summed E-state index contributed by atoms with van der Waals surface area (Å²) in [7, 11) is 0. The van der Waals surface area contributed by atoms with Gasteiger partial charge in [0.1, 0.15) is 0 Å². The summed E-state index contributed by atoms with van der Waals surface area (Å²) in [6, 6.07) is 8.19. The van der Waals surface area contributed by atoms with Crippen LogP contribution < -0.4 is 0 Å². The van der Waals surface area contributed by atoms with Crippen LogP contribution in [-0.2, 0) is 0 Å². The molecule has 2 rings (SSSR count). The van der Waals surface area contributed by atoms with Gasteiger partial charge in [-0.25, -0.2) is 0 Å². The predicted octanol–water partition coefficient (Wildman–Crippen LogP) is 4.24. The zero-order valence-corrected chi connectivity index (χ0v) is 7.14. The lowest BCUT2D eigenvalue weighted by molar-refractivity contribution is 0.420. The van der Waals surface area contributed by atoms with Crippen LogP contribution in [0.5, 0.6) is 0 Å². The summed E-state index contributed by atoms with van der Waals surface area (Å²) in [5, 5.41) is 0.942. The van der Waals surface area contributed by atoms with E-state index >= 15 is 0 Å². The van der Waals surface area contributed by atoms with E-state index in [2.05, 4.69) is 12.1 Å². The van der Waals surface area contributed by atoms with Crippen LogP contribution in [0, 0.1) is 0 Å². The Hall–Kier alpha value is -0.490. The fourth-order valence-corrected chi connectivity index (χ4v) is 1.82. The van der Waals surface area contributed by atoms with Crippen LogP contribution in [0.4, 0.5) is 0 Å². The monoisotopic (exact) mass is 182 g/mol. The van der Waals surface area contributed by atoms with Gasteiger partial charge in [-0.15, -0.1) is 0 Å². The zero-order valence-electron chi connectivity index (χ0n) is 6.39. The largest absolute Gasteiger partial charge is 0.0840 e. The fraction of sp³-hybridized carbons (Fsp3) is 0.455. The summed E-state index contributed by atoms with van der Waals surface area (Å²) >= 11 is 6.03. The first kappa shape index (κ1) is 9.60. The molecule has 0 bridgehead atoms. The minimum Gasteiger partial charge on any atom is -0.0840 e. The number of rotatable bonds is 1. The van der Waals surface area contributed by atoms with Crippen LogP contribution >= 0.6 is 11.6 Å². The van der Waals surface area contributed by atoms with Crippen LogP contribution in [0.2, 0.25) is 5.02 Å². The molecule has 0 nitrogen and oxygen atoms in total. The van der Waals surface area contributed by atoms with Gasteiger partial charge in [-0.3, -0.25) is 0 Å². The van der Waals surface area contributed by atoms with E-state index < -0.39 is 0 Å². The lowest BCUT2D eigenvalue weighted by Crippen LogP contribution is -2.08. The predicted molar refractivity (Wildman–Crippen MR) is 54.8 cm³/mol. The molecule has 1 aromatic rings.